The Kier molecular flexibility index (Phi) is 2.07. The molecule has 0 atom stereocenters. The highest BCUT2D eigenvalue weighted by molar-refractivity contribution is 6.11. The fraction of sp³-hybridized carbons (Fsp3) is 0. The Morgan fingerprint density at radius 1 is 1.14 bits per heavy atom. The van der Waals surface area contributed by atoms with E-state index < -0.39 is 0 Å². The average molecular weight is 186 g/mol. The van der Waals surface area contributed by atoms with Gasteiger partial charge in [-0.2, -0.15) is 0 Å². The van der Waals surface area contributed by atoms with Crippen LogP contribution in [0.2, 0.25) is 0 Å². The summed E-state index contributed by atoms with van der Waals surface area (Å²) in [5.74, 6) is -0.0515. The fourth-order valence-electron chi connectivity index (χ4n) is 1.32. The van der Waals surface area contributed by atoms with Gasteiger partial charge in [-0.25, -0.2) is 0 Å². The Balaban J connectivity index is 2.39. The third-order valence-corrected chi connectivity index (χ3v) is 2.06. The first kappa shape index (κ1) is 8.56. The van der Waals surface area contributed by atoms with Gasteiger partial charge in [-0.05, 0) is 0 Å². The molecule has 0 radical (unpaired) electrons. The second kappa shape index (κ2) is 3.38. The molecule has 3 heteroatoms. The van der Waals surface area contributed by atoms with Crippen molar-refractivity contribution >= 4 is 11.5 Å². The largest absolute Gasteiger partial charge is 0.397 e. The summed E-state index contributed by atoms with van der Waals surface area (Å²) in [6.07, 6.45) is 3.22. The van der Waals surface area contributed by atoms with E-state index >= 15 is 0 Å². The maximum atomic E-state index is 11.8. The predicted octanol–water partition coefficient (Wildman–Crippen LogP) is 1.83. The quantitative estimate of drug-likeness (QED) is 0.703. The molecule has 0 aliphatic heterocycles. The lowest BCUT2D eigenvalue weighted by Crippen LogP contribution is -2.02. The van der Waals surface area contributed by atoms with Crippen molar-refractivity contribution in [3.63, 3.8) is 0 Å². The molecule has 0 amide bonds. The van der Waals surface area contributed by atoms with Crippen LogP contribution in [0.5, 0.6) is 0 Å². The number of anilines is 1. The Hall–Kier alpha value is -2.03. The van der Waals surface area contributed by atoms with Gasteiger partial charge in [-0.1, -0.05) is 30.3 Å². The number of aromatic nitrogens is 1. The number of aromatic amines is 1. The molecule has 0 saturated carbocycles. The summed E-state index contributed by atoms with van der Waals surface area (Å²) in [6.45, 7) is 0. The lowest BCUT2D eigenvalue weighted by molar-refractivity contribution is 0.103. The summed E-state index contributed by atoms with van der Waals surface area (Å²) in [4.78, 5) is 14.6. The van der Waals surface area contributed by atoms with E-state index in [9.17, 15) is 4.79 Å². The van der Waals surface area contributed by atoms with Crippen molar-refractivity contribution in [3.05, 3.63) is 53.9 Å². The molecule has 3 nitrogen and oxygen atoms in total. The molecule has 14 heavy (non-hydrogen) atoms. The van der Waals surface area contributed by atoms with E-state index in [4.69, 9.17) is 5.73 Å². The van der Waals surface area contributed by atoms with Gasteiger partial charge in [0.25, 0.3) is 0 Å². The van der Waals surface area contributed by atoms with Gasteiger partial charge in [0.2, 0.25) is 0 Å². The average Bonchev–Trinajstić information content (AvgIpc) is 2.65. The van der Waals surface area contributed by atoms with Crippen LogP contribution in [-0.2, 0) is 0 Å². The van der Waals surface area contributed by atoms with E-state index in [2.05, 4.69) is 4.98 Å². The van der Waals surface area contributed by atoms with Crippen molar-refractivity contribution in [2.24, 2.45) is 0 Å². The molecular weight excluding hydrogens is 176 g/mol. The first-order chi connectivity index (χ1) is 6.79. The van der Waals surface area contributed by atoms with Gasteiger partial charge in [-0.15, -0.1) is 0 Å². The van der Waals surface area contributed by atoms with Gasteiger partial charge in [-0.3, -0.25) is 4.79 Å². The number of carbonyl (C=O) groups is 1. The molecule has 0 saturated heterocycles. The van der Waals surface area contributed by atoms with Crippen LogP contribution in [0.3, 0.4) is 0 Å². The number of carbonyl (C=O) groups excluding carboxylic acids is 1. The van der Waals surface area contributed by atoms with Crippen LogP contribution in [0.4, 0.5) is 5.69 Å². The first-order valence-corrected chi connectivity index (χ1v) is 4.31. The summed E-state index contributed by atoms with van der Waals surface area (Å²) < 4.78 is 0. The van der Waals surface area contributed by atoms with Gasteiger partial charge >= 0.3 is 0 Å². The summed E-state index contributed by atoms with van der Waals surface area (Å²) in [5.41, 5.74) is 7.29. The topological polar surface area (TPSA) is 58.9 Å². The number of benzene rings is 1. The molecule has 0 bridgehead atoms. The van der Waals surface area contributed by atoms with E-state index in [0.717, 1.165) is 0 Å². The van der Waals surface area contributed by atoms with Crippen molar-refractivity contribution in [3.8, 4) is 0 Å². The zero-order chi connectivity index (χ0) is 9.97. The Morgan fingerprint density at radius 2 is 1.86 bits per heavy atom. The fourth-order valence-corrected chi connectivity index (χ4v) is 1.32. The third-order valence-electron chi connectivity index (χ3n) is 2.06. The maximum absolute atomic E-state index is 11.8. The van der Waals surface area contributed by atoms with Gasteiger partial charge in [0, 0.05) is 18.0 Å². The molecule has 0 aliphatic rings. The molecule has 0 aliphatic carbocycles. The maximum Gasteiger partial charge on any atom is 0.196 e. The summed E-state index contributed by atoms with van der Waals surface area (Å²) in [7, 11) is 0. The molecule has 2 rings (SSSR count). The van der Waals surface area contributed by atoms with Crippen molar-refractivity contribution in [1.29, 1.82) is 0 Å². The minimum atomic E-state index is -0.0515. The number of nitrogens with two attached hydrogens (primary N) is 1. The van der Waals surface area contributed by atoms with Gasteiger partial charge in [0.05, 0.1) is 11.3 Å². The first-order valence-electron chi connectivity index (χ1n) is 4.31. The number of ketones is 1. The van der Waals surface area contributed by atoms with Crippen LogP contribution in [0, 0.1) is 0 Å². The van der Waals surface area contributed by atoms with Gasteiger partial charge in [0.15, 0.2) is 5.78 Å². The van der Waals surface area contributed by atoms with Crippen molar-refractivity contribution in [1.82, 2.24) is 4.98 Å². The minimum Gasteiger partial charge on any atom is -0.397 e. The highest BCUT2D eigenvalue weighted by Crippen LogP contribution is 2.15. The van der Waals surface area contributed by atoms with Crippen molar-refractivity contribution in [2.45, 2.75) is 0 Å². The van der Waals surface area contributed by atoms with Crippen molar-refractivity contribution in [2.75, 3.05) is 5.73 Å². The molecule has 3 N–H and O–H groups in total. The molecule has 0 spiro atoms. The Bertz CT molecular complexity index is 445. The number of nitrogens with one attached hydrogen (secondary N) is 1. The summed E-state index contributed by atoms with van der Waals surface area (Å²) in [5, 5.41) is 0. The zero-order valence-corrected chi connectivity index (χ0v) is 7.53. The Labute approximate surface area is 81.6 Å². The van der Waals surface area contributed by atoms with Gasteiger partial charge < -0.3 is 10.7 Å². The summed E-state index contributed by atoms with van der Waals surface area (Å²) >= 11 is 0. The van der Waals surface area contributed by atoms with Crippen LogP contribution >= 0.6 is 0 Å². The number of H-pyrrole nitrogens is 1. The molecule has 70 valence electrons. The minimum absolute atomic E-state index is 0.0515. The second-order valence-electron chi connectivity index (χ2n) is 3.02. The van der Waals surface area contributed by atoms with E-state index in [1.807, 2.05) is 18.2 Å². The number of nitrogen functional groups attached to an aromatic ring is 1. The van der Waals surface area contributed by atoms with E-state index in [-0.39, 0.29) is 5.78 Å². The second-order valence-corrected chi connectivity index (χ2v) is 3.02. The molecular formula is C11H10N2O. The van der Waals surface area contributed by atoms with Crippen LogP contribution in [0.15, 0.2) is 42.7 Å². The van der Waals surface area contributed by atoms with Gasteiger partial charge in [0.1, 0.15) is 0 Å². The normalized spacial score (nSPS) is 10.0. The predicted molar refractivity (Wildman–Crippen MR) is 55.1 cm³/mol. The number of hydrogen-bond donors (Lipinski definition) is 2. The molecule has 2 aromatic rings. The number of rotatable bonds is 2. The van der Waals surface area contributed by atoms with E-state index in [1.54, 1.807) is 24.5 Å². The lowest BCUT2D eigenvalue weighted by atomic mass is 10.1. The van der Waals surface area contributed by atoms with Crippen LogP contribution in [-0.4, -0.2) is 10.8 Å². The van der Waals surface area contributed by atoms with Crippen molar-refractivity contribution < 1.29 is 4.79 Å². The van der Waals surface area contributed by atoms with E-state index in [0.29, 0.717) is 16.8 Å². The highest BCUT2D eigenvalue weighted by Gasteiger charge is 2.11. The molecule has 1 aromatic carbocycles. The Morgan fingerprint density at radius 3 is 2.43 bits per heavy atom. The van der Waals surface area contributed by atoms with Crippen LogP contribution in [0.25, 0.3) is 0 Å². The standard InChI is InChI=1S/C11H10N2O/c12-10-7-13-6-9(10)11(14)8-4-2-1-3-5-8/h1-7,13H,12H2. The van der Waals surface area contributed by atoms with E-state index in [1.165, 1.54) is 0 Å². The van der Waals surface area contributed by atoms with Crippen LogP contribution in [0.1, 0.15) is 15.9 Å². The molecule has 1 aromatic heterocycles. The number of hydrogen-bond acceptors (Lipinski definition) is 2. The smallest absolute Gasteiger partial charge is 0.196 e. The van der Waals surface area contributed by atoms with Crippen LogP contribution < -0.4 is 5.73 Å². The third kappa shape index (κ3) is 1.40. The SMILES string of the molecule is Nc1c[nH]cc1C(=O)c1ccccc1. The monoisotopic (exact) mass is 186 g/mol. The zero-order valence-electron chi connectivity index (χ0n) is 7.53. The molecule has 0 fully saturated rings. The molecule has 0 unspecified atom stereocenters. The lowest BCUT2D eigenvalue weighted by Gasteiger charge is -1.98. The molecule has 1 heterocycles. The summed E-state index contributed by atoms with van der Waals surface area (Å²) in [6, 6.07) is 9.08. The highest BCUT2D eigenvalue weighted by atomic mass is 16.1.